The van der Waals surface area contributed by atoms with Gasteiger partial charge in [-0.05, 0) is 43.9 Å². The number of methoxy groups -OCH3 is 1. The van der Waals surface area contributed by atoms with E-state index in [1.165, 1.54) is 13.2 Å². The molecule has 4 aromatic heterocycles. The van der Waals surface area contributed by atoms with E-state index in [0.29, 0.717) is 23.8 Å². The SMILES string of the molecule is COc1ncc(-c2cnc3[nH]cc(-c4ccnc(C#N)c4)c3c2)cc1NC(=O)/C=C/CN(C)C. The number of hydrogen-bond donors (Lipinski definition) is 2. The van der Waals surface area contributed by atoms with Crippen LogP contribution in [-0.2, 0) is 4.79 Å². The van der Waals surface area contributed by atoms with Gasteiger partial charge in [0.2, 0.25) is 11.8 Å². The number of H-pyrrole nitrogens is 1. The first-order chi connectivity index (χ1) is 16.5. The smallest absolute Gasteiger partial charge is 0.248 e. The Labute approximate surface area is 196 Å². The number of carbonyl (C=O) groups excluding carboxylic acids is 1. The lowest BCUT2D eigenvalue weighted by atomic mass is 10.0. The van der Waals surface area contributed by atoms with Gasteiger partial charge in [-0.2, -0.15) is 5.26 Å². The molecule has 0 saturated carbocycles. The number of nitrogens with one attached hydrogen (secondary N) is 2. The molecule has 34 heavy (non-hydrogen) atoms. The van der Waals surface area contributed by atoms with Crippen molar-refractivity contribution in [3.05, 3.63) is 66.9 Å². The first kappa shape index (κ1) is 22.6. The Hall–Kier alpha value is -4.55. The zero-order valence-electron chi connectivity index (χ0n) is 19.0. The summed E-state index contributed by atoms with van der Waals surface area (Å²) in [5, 5.41) is 12.9. The normalized spacial score (nSPS) is 11.1. The molecule has 170 valence electrons. The van der Waals surface area contributed by atoms with Crippen molar-refractivity contribution in [2.45, 2.75) is 0 Å². The van der Waals surface area contributed by atoms with Crippen molar-refractivity contribution in [3.8, 4) is 34.2 Å². The monoisotopic (exact) mass is 453 g/mol. The van der Waals surface area contributed by atoms with Crippen molar-refractivity contribution in [3.63, 3.8) is 0 Å². The van der Waals surface area contributed by atoms with Crippen LogP contribution < -0.4 is 10.1 Å². The molecule has 2 N–H and O–H groups in total. The lowest BCUT2D eigenvalue weighted by Gasteiger charge is -2.11. The highest BCUT2D eigenvalue weighted by molar-refractivity contribution is 6.01. The first-order valence-corrected chi connectivity index (χ1v) is 10.5. The van der Waals surface area contributed by atoms with Gasteiger partial charge in [0.05, 0.1) is 7.11 Å². The predicted octanol–water partition coefficient (Wildman–Crippen LogP) is 3.62. The minimum atomic E-state index is -0.272. The van der Waals surface area contributed by atoms with Gasteiger partial charge < -0.3 is 19.9 Å². The standard InChI is InChI=1S/C25H23N7O2/c1-32(2)8-4-5-23(33)31-22-11-18(14-30-25(22)34-3)17-10-20-21(15-29-24(20)28-13-17)16-6-7-27-19(9-16)12-26/h4-7,9-11,13-15H,8H2,1-3H3,(H,28,29)(H,31,33)/b5-4+. The van der Waals surface area contributed by atoms with Crippen molar-refractivity contribution in [2.24, 2.45) is 0 Å². The maximum atomic E-state index is 12.4. The van der Waals surface area contributed by atoms with Crippen molar-refractivity contribution in [1.82, 2.24) is 24.8 Å². The van der Waals surface area contributed by atoms with Gasteiger partial charge in [0.1, 0.15) is 23.1 Å². The summed E-state index contributed by atoms with van der Waals surface area (Å²) in [5.41, 5.74) is 4.87. The van der Waals surface area contributed by atoms with Crippen molar-refractivity contribution >= 4 is 22.6 Å². The van der Waals surface area contributed by atoms with Gasteiger partial charge in [0.25, 0.3) is 0 Å². The Balaban J connectivity index is 1.69. The summed E-state index contributed by atoms with van der Waals surface area (Å²) in [4.78, 5) is 30.4. The van der Waals surface area contributed by atoms with E-state index in [1.807, 2.05) is 37.3 Å². The third-order valence-corrected chi connectivity index (χ3v) is 5.09. The van der Waals surface area contributed by atoms with Crippen LogP contribution in [0, 0.1) is 11.3 Å². The van der Waals surface area contributed by atoms with Crippen LogP contribution in [0.5, 0.6) is 5.88 Å². The molecule has 0 unspecified atom stereocenters. The number of fused-ring (bicyclic) bond motifs is 1. The van der Waals surface area contributed by atoms with Crippen molar-refractivity contribution in [1.29, 1.82) is 5.26 Å². The topological polar surface area (TPSA) is 120 Å². The van der Waals surface area contributed by atoms with E-state index in [1.54, 1.807) is 36.8 Å². The lowest BCUT2D eigenvalue weighted by molar-refractivity contribution is -0.111. The second-order valence-electron chi connectivity index (χ2n) is 7.80. The number of amides is 1. The number of anilines is 1. The molecule has 4 rings (SSSR count). The molecular formula is C25H23N7O2. The predicted molar refractivity (Wildman–Crippen MR) is 130 cm³/mol. The highest BCUT2D eigenvalue weighted by Crippen LogP contribution is 2.33. The van der Waals surface area contributed by atoms with E-state index in [2.05, 4.69) is 31.3 Å². The Morgan fingerprint density at radius 2 is 1.97 bits per heavy atom. The Morgan fingerprint density at radius 1 is 1.18 bits per heavy atom. The van der Waals surface area contributed by atoms with E-state index in [4.69, 9.17) is 4.74 Å². The highest BCUT2D eigenvalue weighted by Gasteiger charge is 2.13. The fourth-order valence-corrected chi connectivity index (χ4v) is 3.47. The minimum absolute atomic E-state index is 0.272. The third kappa shape index (κ3) is 4.92. The van der Waals surface area contributed by atoms with Crippen LogP contribution in [0.4, 0.5) is 5.69 Å². The zero-order chi connectivity index (χ0) is 24.1. The molecule has 0 aliphatic heterocycles. The number of pyridine rings is 3. The number of likely N-dealkylation sites (N-methyl/N-ethyl adjacent to an activating group) is 1. The number of aromatic nitrogens is 4. The van der Waals surface area contributed by atoms with E-state index >= 15 is 0 Å². The van der Waals surface area contributed by atoms with Gasteiger partial charge in [0.15, 0.2) is 0 Å². The van der Waals surface area contributed by atoms with E-state index < -0.39 is 0 Å². The maximum absolute atomic E-state index is 12.4. The average Bonchev–Trinajstić information content (AvgIpc) is 3.27. The molecule has 0 aliphatic rings. The summed E-state index contributed by atoms with van der Waals surface area (Å²) in [6.07, 6.45) is 10.1. The van der Waals surface area contributed by atoms with Gasteiger partial charge in [-0.25, -0.2) is 15.0 Å². The molecule has 0 spiro atoms. The van der Waals surface area contributed by atoms with E-state index in [0.717, 1.165) is 33.3 Å². The van der Waals surface area contributed by atoms with Crippen LogP contribution in [0.15, 0.2) is 61.2 Å². The minimum Gasteiger partial charge on any atom is -0.480 e. The van der Waals surface area contributed by atoms with E-state index in [-0.39, 0.29) is 5.91 Å². The molecule has 9 heteroatoms. The molecular weight excluding hydrogens is 430 g/mol. The summed E-state index contributed by atoms with van der Waals surface area (Å²) >= 11 is 0. The largest absolute Gasteiger partial charge is 0.480 e. The lowest BCUT2D eigenvalue weighted by Crippen LogP contribution is -2.13. The van der Waals surface area contributed by atoms with Crippen LogP contribution in [0.1, 0.15) is 5.69 Å². The van der Waals surface area contributed by atoms with Gasteiger partial charge in [-0.3, -0.25) is 4.79 Å². The summed E-state index contributed by atoms with van der Waals surface area (Å²) < 4.78 is 5.33. The second-order valence-corrected chi connectivity index (χ2v) is 7.80. The Morgan fingerprint density at radius 3 is 2.74 bits per heavy atom. The first-order valence-electron chi connectivity index (χ1n) is 10.5. The molecule has 0 bridgehead atoms. The summed E-state index contributed by atoms with van der Waals surface area (Å²) in [6, 6.07) is 9.45. The molecule has 4 heterocycles. The number of nitrogens with zero attached hydrogens (tertiary/aromatic N) is 5. The molecule has 0 atom stereocenters. The number of hydrogen-bond acceptors (Lipinski definition) is 7. The summed E-state index contributed by atoms with van der Waals surface area (Å²) in [7, 11) is 5.36. The molecule has 4 aromatic rings. The maximum Gasteiger partial charge on any atom is 0.248 e. The molecule has 0 radical (unpaired) electrons. The fraction of sp³-hybridized carbons (Fsp3) is 0.160. The van der Waals surface area contributed by atoms with Gasteiger partial charge in [-0.15, -0.1) is 0 Å². The molecule has 9 nitrogen and oxygen atoms in total. The fourth-order valence-electron chi connectivity index (χ4n) is 3.47. The molecule has 0 aliphatic carbocycles. The summed E-state index contributed by atoms with van der Waals surface area (Å²) in [5.74, 6) is 0.0434. The van der Waals surface area contributed by atoms with Crippen LogP contribution in [-0.4, -0.2) is 58.5 Å². The van der Waals surface area contributed by atoms with Gasteiger partial charge >= 0.3 is 0 Å². The number of carbonyl (C=O) groups is 1. The van der Waals surface area contributed by atoms with Gasteiger partial charge in [-0.1, -0.05) is 6.08 Å². The highest BCUT2D eigenvalue weighted by atomic mass is 16.5. The average molecular weight is 454 g/mol. The number of ether oxygens (including phenoxy) is 1. The van der Waals surface area contributed by atoms with Gasteiger partial charge in [0, 0.05) is 59.5 Å². The molecule has 1 amide bonds. The van der Waals surface area contributed by atoms with Crippen molar-refractivity contribution < 1.29 is 9.53 Å². The molecule has 0 saturated heterocycles. The van der Waals surface area contributed by atoms with Crippen LogP contribution in [0.25, 0.3) is 33.3 Å². The van der Waals surface area contributed by atoms with Crippen LogP contribution in [0.2, 0.25) is 0 Å². The molecule has 0 fully saturated rings. The number of nitriles is 1. The third-order valence-electron chi connectivity index (χ3n) is 5.09. The van der Waals surface area contributed by atoms with Crippen LogP contribution >= 0.6 is 0 Å². The zero-order valence-corrected chi connectivity index (χ0v) is 19.0. The number of aromatic amines is 1. The van der Waals surface area contributed by atoms with Crippen molar-refractivity contribution in [2.75, 3.05) is 33.1 Å². The summed E-state index contributed by atoms with van der Waals surface area (Å²) in [6.45, 7) is 0.654. The quantitative estimate of drug-likeness (QED) is 0.410. The second kappa shape index (κ2) is 9.94. The molecule has 0 aromatic carbocycles. The van der Waals surface area contributed by atoms with Crippen LogP contribution in [0.3, 0.4) is 0 Å². The Bertz CT molecular complexity index is 1420. The number of rotatable bonds is 7. The Kier molecular flexibility index (Phi) is 6.62. The van der Waals surface area contributed by atoms with E-state index in [9.17, 15) is 10.1 Å².